The molecule has 0 aliphatic heterocycles. The van der Waals surface area contributed by atoms with Crippen LogP contribution in [0.5, 0.6) is 0 Å². The van der Waals surface area contributed by atoms with Crippen LogP contribution < -0.4 is 5.32 Å². The number of hydrogen-bond acceptors (Lipinski definition) is 5. The van der Waals surface area contributed by atoms with Gasteiger partial charge in [0, 0.05) is 6.42 Å². The summed E-state index contributed by atoms with van der Waals surface area (Å²) in [6.45, 7) is 6.34. The zero-order valence-electron chi connectivity index (χ0n) is 43.3. The fraction of sp³-hybridized carbons (Fsp3) is 0.733. The fourth-order valence-electron chi connectivity index (χ4n) is 8.02. The molecule has 0 rings (SSSR count). The van der Waals surface area contributed by atoms with Crippen LogP contribution >= 0.6 is 0 Å². The van der Waals surface area contributed by atoms with E-state index in [9.17, 15) is 19.8 Å². The number of aliphatic hydroxyl groups excluding tert-OH is 2. The predicted molar refractivity (Wildman–Crippen MR) is 287 cm³/mol. The van der Waals surface area contributed by atoms with Gasteiger partial charge in [-0.25, -0.2) is 0 Å². The molecule has 0 aromatic rings. The topological polar surface area (TPSA) is 95.9 Å². The van der Waals surface area contributed by atoms with Crippen molar-refractivity contribution in [3.63, 3.8) is 0 Å². The Morgan fingerprint density at radius 2 is 0.818 bits per heavy atom. The van der Waals surface area contributed by atoms with E-state index in [2.05, 4.69) is 111 Å². The molecule has 0 radical (unpaired) electrons. The third kappa shape index (κ3) is 47.5. The smallest absolute Gasteiger partial charge is 0.306 e. The molecular weight excluding hydrogens is 815 g/mol. The Bertz CT molecular complexity index is 1260. The van der Waals surface area contributed by atoms with Gasteiger partial charge in [0.05, 0.1) is 25.2 Å². The Hall–Kier alpha value is -2.96. The molecule has 3 atom stereocenters. The van der Waals surface area contributed by atoms with Crippen molar-refractivity contribution >= 4 is 11.9 Å². The largest absolute Gasteiger partial charge is 0.462 e. The number of carbonyl (C=O) groups excluding carboxylic acids is 2. The zero-order chi connectivity index (χ0) is 48.1. The Kier molecular flexibility index (Phi) is 50.6. The van der Waals surface area contributed by atoms with Gasteiger partial charge in [-0.15, -0.1) is 0 Å². The van der Waals surface area contributed by atoms with E-state index in [0.717, 1.165) is 116 Å². The molecule has 3 unspecified atom stereocenters. The molecule has 0 heterocycles. The first kappa shape index (κ1) is 63.0. The van der Waals surface area contributed by atoms with Crippen molar-refractivity contribution in [2.75, 3.05) is 6.61 Å². The summed E-state index contributed by atoms with van der Waals surface area (Å²) in [4.78, 5) is 26.2. The lowest BCUT2D eigenvalue weighted by molar-refractivity contribution is -0.151. The number of allylic oxidation sites excluding steroid dienone is 14. The van der Waals surface area contributed by atoms with E-state index in [0.29, 0.717) is 19.3 Å². The van der Waals surface area contributed by atoms with Gasteiger partial charge >= 0.3 is 5.97 Å². The molecule has 0 aromatic heterocycles. The van der Waals surface area contributed by atoms with Crippen molar-refractivity contribution in [2.45, 2.75) is 277 Å². The van der Waals surface area contributed by atoms with E-state index >= 15 is 0 Å². The van der Waals surface area contributed by atoms with Gasteiger partial charge in [-0.05, 0) is 103 Å². The molecule has 1 amide bonds. The molecule has 0 fully saturated rings. The molecular formula is C60H105NO5. The maximum atomic E-state index is 13.2. The number of amides is 1. The Morgan fingerprint density at radius 1 is 0.455 bits per heavy atom. The maximum Gasteiger partial charge on any atom is 0.306 e. The molecule has 0 spiro atoms. The van der Waals surface area contributed by atoms with Gasteiger partial charge in [0.2, 0.25) is 5.91 Å². The molecule has 0 aromatic carbocycles. The molecule has 0 saturated heterocycles. The van der Waals surface area contributed by atoms with Crippen LogP contribution in [0.25, 0.3) is 0 Å². The third-order valence-electron chi connectivity index (χ3n) is 12.2. The number of hydrogen-bond donors (Lipinski definition) is 3. The lowest BCUT2D eigenvalue weighted by atomic mass is 10.0. The Balaban J connectivity index is 4.65. The highest BCUT2D eigenvalue weighted by atomic mass is 16.5. The Labute approximate surface area is 408 Å². The van der Waals surface area contributed by atoms with Gasteiger partial charge in [0.1, 0.15) is 6.10 Å². The van der Waals surface area contributed by atoms with Crippen LogP contribution in [0.1, 0.15) is 258 Å². The van der Waals surface area contributed by atoms with E-state index in [1.807, 2.05) is 0 Å². The van der Waals surface area contributed by atoms with Gasteiger partial charge in [-0.2, -0.15) is 0 Å². The molecule has 6 nitrogen and oxygen atoms in total. The number of unbranched alkanes of at least 4 members (excludes halogenated alkanes) is 23. The molecule has 0 aliphatic rings. The van der Waals surface area contributed by atoms with Crippen LogP contribution in [-0.2, 0) is 14.3 Å². The predicted octanol–water partition coefficient (Wildman–Crippen LogP) is 17.1. The van der Waals surface area contributed by atoms with E-state index in [1.54, 1.807) is 0 Å². The van der Waals surface area contributed by atoms with E-state index < -0.39 is 18.2 Å². The first-order chi connectivity index (χ1) is 32.5. The average Bonchev–Trinajstić information content (AvgIpc) is 3.31. The highest BCUT2D eigenvalue weighted by Crippen LogP contribution is 2.17. The normalized spacial score (nSPS) is 13.8. The van der Waals surface area contributed by atoms with Crippen molar-refractivity contribution in [1.82, 2.24) is 5.32 Å². The van der Waals surface area contributed by atoms with Crippen molar-refractivity contribution in [2.24, 2.45) is 0 Å². The monoisotopic (exact) mass is 920 g/mol. The molecule has 3 N–H and O–H groups in total. The van der Waals surface area contributed by atoms with Crippen molar-refractivity contribution < 1.29 is 24.5 Å². The third-order valence-corrected chi connectivity index (χ3v) is 12.2. The number of aliphatic hydroxyl groups is 2. The average molecular weight is 921 g/mol. The van der Waals surface area contributed by atoms with Gasteiger partial charge in [0.15, 0.2) is 0 Å². The molecule has 0 aliphatic carbocycles. The van der Waals surface area contributed by atoms with Crippen LogP contribution in [0, 0.1) is 0 Å². The second-order valence-corrected chi connectivity index (χ2v) is 18.6. The van der Waals surface area contributed by atoms with Crippen molar-refractivity contribution in [1.29, 1.82) is 0 Å². The minimum Gasteiger partial charge on any atom is -0.462 e. The standard InChI is InChI=1S/C60H105NO5/c1-4-7-10-13-16-19-22-25-28-29-30-31-32-35-38-41-44-47-50-53-60(65)66-56(51-48-45-42-39-36-33-26-23-20-17-14-11-8-5-2)54-59(64)61-57(55-62)58(63)52-49-46-43-40-37-34-27-24-21-18-15-12-9-6-3/h8,11,16-17,19-20,25-26,28,30-31,33,35,38,56-58,62-63H,4-7,9-10,12-15,18,21-24,27,29,32,34,36-37,39-55H2,1-3H3,(H,61,64)/b11-8+,19-16-,20-17+,28-25-,31-30-,33-26+,38-35-. The summed E-state index contributed by atoms with van der Waals surface area (Å²) in [7, 11) is 0. The number of rotatable bonds is 49. The maximum absolute atomic E-state index is 13.2. The van der Waals surface area contributed by atoms with Crippen LogP contribution in [-0.4, -0.2) is 46.9 Å². The first-order valence-electron chi connectivity index (χ1n) is 27.8. The molecule has 0 bridgehead atoms. The SMILES string of the molecule is CC/C=C/C/C=C/C/C=C/CCCCCCC(CC(=O)NC(CO)C(O)CCCCCCCCCCCCCCCC)OC(=O)CCCCC/C=C\C/C=C\C/C=C\C/C=C\CCCCC. The summed E-state index contributed by atoms with van der Waals surface area (Å²) in [6.07, 6.45) is 69.3. The first-order valence-corrected chi connectivity index (χ1v) is 27.8. The molecule has 6 heteroatoms. The van der Waals surface area contributed by atoms with E-state index in [4.69, 9.17) is 4.74 Å². The van der Waals surface area contributed by atoms with Crippen LogP contribution in [0.2, 0.25) is 0 Å². The summed E-state index contributed by atoms with van der Waals surface area (Å²) in [6, 6.07) is -0.720. The molecule has 0 saturated carbocycles. The van der Waals surface area contributed by atoms with Crippen molar-refractivity contribution in [3.05, 3.63) is 85.1 Å². The van der Waals surface area contributed by atoms with Gasteiger partial charge < -0.3 is 20.3 Å². The summed E-state index contributed by atoms with van der Waals surface area (Å²) in [5.41, 5.74) is 0. The zero-order valence-corrected chi connectivity index (χ0v) is 43.3. The lowest BCUT2D eigenvalue weighted by Crippen LogP contribution is -2.46. The van der Waals surface area contributed by atoms with Gasteiger partial charge in [-0.3, -0.25) is 9.59 Å². The lowest BCUT2D eigenvalue weighted by Gasteiger charge is -2.24. The van der Waals surface area contributed by atoms with Crippen LogP contribution in [0.4, 0.5) is 0 Å². The summed E-state index contributed by atoms with van der Waals surface area (Å²) < 4.78 is 5.93. The van der Waals surface area contributed by atoms with Crippen molar-refractivity contribution in [3.8, 4) is 0 Å². The van der Waals surface area contributed by atoms with Crippen LogP contribution in [0.3, 0.4) is 0 Å². The number of carbonyl (C=O) groups is 2. The summed E-state index contributed by atoms with van der Waals surface area (Å²) in [5, 5.41) is 23.8. The quantitative estimate of drug-likeness (QED) is 0.0321. The summed E-state index contributed by atoms with van der Waals surface area (Å²) >= 11 is 0. The van der Waals surface area contributed by atoms with E-state index in [-0.39, 0.29) is 24.9 Å². The van der Waals surface area contributed by atoms with E-state index in [1.165, 1.54) is 96.3 Å². The molecule has 380 valence electrons. The second-order valence-electron chi connectivity index (χ2n) is 18.6. The van der Waals surface area contributed by atoms with Gasteiger partial charge in [0.25, 0.3) is 0 Å². The van der Waals surface area contributed by atoms with Gasteiger partial charge in [-0.1, -0.05) is 228 Å². The Morgan fingerprint density at radius 3 is 1.27 bits per heavy atom. The highest BCUT2D eigenvalue weighted by Gasteiger charge is 2.24. The molecule has 66 heavy (non-hydrogen) atoms. The number of ether oxygens (including phenoxy) is 1. The fourth-order valence-corrected chi connectivity index (χ4v) is 8.02. The minimum atomic E-state index is -0.804. The summed E-state index contributed by atoms with van der Waals surface area (Å²) in [5.74, 6) is -0.533. The number of esters is 1. The second kappa shape index (κ2) is 53.0. The minimum absolute atomic E-state index is 0.0460. The number of nitrogens with one attached hydrogen (secondary N) is 1. The van der Waals surface area contributed by atoms with Crippen LogP contribution in [0.15, 0.2) is 85.1 Å². The highest BCUT2D eigenvalue weighted by molar-refractivity contribution is 5.77.